The van der Waals surface area contributed by atoms with Gasteiger partial charge in [0.15, 0.2) is 0 Å². The van der Waals surface area contributed by atoms with Crippen molar-refractivity contribution in [3.63, 3.8) is 0 Å². The fourth-order valence-corrected chi connectivity index (χ4v) is 1.69. The number of rotatable bonds is 5. The van der Waals surface area contributed by atoms with Crippen molar-refractivity contribution in [2.24, 2.45) is 0 Å². The Labute approximate surface area is 113 Å². The van der Waals surface area contributed by atoms with Gasteiger partial charge in [0.25, 0.3) is 0 Å². The SMILES string of the molecule is COc1ccc(NC(=O)CN(C(C)=O)C(C)C)cc1. The number of amides is 2. The molecule has 1 aromatic carbocycles. The van der Waals surface area contributed by atoms with Crippen molar-refractivity contribution in [1.82, 2.24) is 4.90 Å². The molecule has 0 saturated heterocycles. The number of benzene rings is 1. The van der Waals surface area contributed by atoms with Gasteiger partial charge in [0.05, 0.1) is 7.11 Å². The molecule has 0 atom stereocenters. The monoisotopic (exact) mass is 264 g/mol. The van der Waals surface area contributed by atoms with Crippen molar-refractivity contribution in [3.05, 3.63) is 24.3 Å². The summed E-state index contributed by atoms with van der Waals surface area (Å²) >= 11 is 0. The standard InChI is InChI=1S/C14H20N2O3/c1-10(2)16(11(3)17)9-14(18)15-12-5-7-13(19-4)8-6-12/h5-8,10H,9H2,1-4H3,(H,15,18). The second-order valence-corrected chi connectivity index (χ2v) is 4.52. The van der Waals surface area contributed by atoms with Crippen molar-refractivity contribution in [2.75, 3.05) is 19.0 Å². The first kappa shape index (κ1) is 15.0. The van der Waals surface area contributed by atoms with E-state index in [4.69, 9.17) is 4.74 Å². The Bertz CT molecular complexity index is 441. The predicted molar refractivity (Wildman–Crippen MR) is 74.1 cm³/mol. The first-order chi connectivity index (χ1) is 8.93. The Morgan fingerprint density at radius 2 is 1.84 bits per heavy atom. The fourth-order valence-electron chi connectivity index (χ4n) is 1.69. The minimum Gasteiger partial charge on any atom is -0.497 e. The molecule has 0 aliphatic rings. The molecule has 5 nitrogen and oxygen atoms in total. The van der Waals surface area contributed by atoms with Crippen molar-refractivity contribution in [2.45, 2.75) is 26.8 Å². The minimum atomic E-state index is -0.214. The number of nitrogens with zero attached hydrogens (tertiary/aromatic N) is 1. The molecule has 0 fully saturated rings. The highest BCUT2D eigenvalue weighted by Gasteiger charge is 2.16. The molecule has 19 heavy (non-hydrogen) atoms. The zero-order valence-electron chi connectivity index (χ0n) is 11.8. The van der Waals surface area contributed by atoms with Gasteiger partial charge in [-0.25, -0.2) is 0 Å². The van der Waals surface area contributed by atoms with Crippen LogP contribution in [0, 0.1) is 0 Å². The average molecular weight is 264 g/mol. The molecule has 2 amide bonds. The summed E-state index contributed by atoms with van der Waals surface area (Å²) in [5, 5.41) is 2.75. The van der Waals surface area contributed by atoms with E-state index < -0.39 is 0 Å². The smallest absolute Gasteiger partial charge is 0.244 e. The van der Waals surface area contributed by atoms with E-state index in [0.717, 1.165) is 5.75 Å². The second-order valence-electron chi connectivity index (χ2n) is 4.52. The maximum Gasteiger partial charge on any atom is 0.244 e. The summed E-state index contributed by atoms with van der Waals surface area (Å²) in [4.78, 5) is 24.7. The number of hydrogen-bond donors (Lipinski definition) is 1. The van der Waals surface area contributed by atoms with E-state index in [1.807, 2.05) is 13.8 Å². The van der Waals surface area contributed by atoms with E-state index >= 15 is 0 Å². The highest BCUT2D eigenvalue weighted by atomic mass is 16.5. The number of methoxy groups -OCH3 is 1. The van der Waals surface area contributed by atoms with E-state index in [0.29, 0.717) is 5.69 Å². The maximum absolute atomic E-state index is 11.8. The molecule has 0 saturated carbocycles. The van der Waals surface area contributed by atoms with Crippen LogP contribution in [0.25, 0.3) is 0 Å². The Balaban J connectivity index is 2.61. The predicted octanol–water partition coefficient (Wildman–Crippen LogP) is 1.89. The lowest BCUT2D eigenvalue weighted by Gasteiger charge is -2.24. The van der Waals surface area contributed by atoms with Crippen LogP contribution in [0.5, 0.6) is 5.75 Å². The van der Waals surface area contributed by atoms with Crippen LogP contribution >= 0.6 is 0 Å². The van der Waals surface area contributed by atoms with Crippen LogP contribution in [0.3, 0.4) is 0 Å². The van der Waals surface area contributed by atoms with Gasteiger partial charge in [-0.3, -0.25) is 9.59 Å². The van der Waals surface area contributed by atoms with Crippen molar-refractivity contribution in [1.29, 1.82) is 0 Å². The summed E-state index contributed by atoms with van der Waals surface area (Å²) in [6.07, 6.45) is 0. The molecule has 1 aromatic rings. The van der Waals surface area contributed by atoms with Crippen molar-refractivity contribution in [3.8, 4) is 5.75 Å². The Morgan fingerprint density at radius 1 is 1.26 bits per heavy atom. The van der Waals surface area contributed by atoms with Crippen LogP contribution in [0.15, 0.2) is 24.3 Å². The van der Waals surface area contributed by atoms with Gasteiger partial charge in [-0.2, -0.15) is 0 Å². The topological polar surface area (TPSA) is 58.6 Å². The summed E-state index contributed by atoms with van der Waals surface area (Å²) in [5.74, 6) is 0.402. The Kier molecular flexibility index (Phi) is 5.36. The molecule has 1 N–H and O–H groups in total. The summed E-state index contributed by atoms with van der Waals surface area (Å²) in [6, 6.07) is 7.04. The van der Waals surface area contributed by atoms with Crippen LogP contribution < -0.4 is 10.1 Å². The minimum absolute atomic E-state index is 0.000817. The molecular weight excluding hydrogens is 244 g/mol. The Morgan fingerprint density at radius 3 is 2.26 bits per heavy atom. The number of nitrogens with one attached hydrogen (secondary N) is 1. The number of hydrogen-bond acceptors (Lipinski definition) is 3. The van der Waals surface area contributed by atoms with Crippen LogP contribution in [0.4, 0.5) is 5.69 Å². The highest BCUT2D eigenvalue weighted by Crippen LogP contribution is 2.15. The zero-order valence-corrected chi connectivity index (χ0v) is 11.8. The lowest BCUT2D eigenvalue weighted by atomic mass is 10.3. The first-order valence-corrected chi connectivity index (χ1v) is 6.15. The third-order valence-electron chi connectivity index (χ3n) is 2.72. The van der Waals surface area contributed by atoms with E-state index in [1.54, 1.807) is 31.4 Å². The first-order valence-electron chi connectivity index (χ1n) is 6.15. The molecule has 0 spiro atoms. The van der Waals surface area contributed by atoms with Gasteiger partial charge in [-0.05, 0) is 38.1 Å². The molecule has 0 unspecified atom stereocenters. The van der Waals surface area contributed by atoms with Crippen molar-refractivity contribution >= 4 is 17.5 Å². The normalized spacial score (nSPS) is 10.2. The maximum atomic E-state index is 11.8. The number of carbonyl (C=O) groups excluding carboxylic acids is 2. The van der Waals surface area contributed by atoms with Gasteiger partial charge in [0.1, 0.15) is 12.3 Å². The van der Waals surface area contributed by atoms with Gasteiger partial charge in [0.2, 0.25) is 11.8 Å². The fraction of sp³-hybridized carbons (Fsp3) is 0.429. The zero-order chi connectivity index (χ0) is 14.4. The number of carbonyl (C=O) groups is 2. The molecule has 5 heteroatoms. The molecule has 0 bridgehead atoms. The summed E-state index contributed by atoms with van der Waals surface area (Å²) < 4.78 is 5.04. The second kappa shape index (κ2) is 6.78. The van der Waals surface area contributed by atoms with Gasteiger partial charge >= 0.3 is 0 Å². The third kappa shape index (κ3) is 4.62. The lowest BCUT2D eigenvalue weighted by Crippen LogP contribution is -2.41. The van der Waals surface area contributed by atoms with Gasteiger partial charge in [0, 0.05) is 18.7 Å². The summed E-state index contributed by atoms with van der Waals surface area (Å²) in [5.41, 5.74) is 0.679. The van der Waals surface area contributed by atoms with E-state index in [-0.39, 0.29) is 24.4 Å². The largest absolute Gasteiger partial charge is 0.497 e. The van der Waals surface area contributed by atoms with Crippen LogP contribution in [0.2, 0.25) is 0 Å². The van der Waals surface area contributed by atoms with E-state index in [2.05, 4.69) is 5.32 Å². The molecule has 0 aromatic heterocycles. The number of anilines is 1. The van der Waals surface area contributed by atoms with Crippen LogP contribution in [0.1, 0.15) is 20.8 Å². The molecule has 104 valence electrons. The van der Waals surface area contributed by atoms with Gasteiger partial charge in [-0.1, -0.05) is 0 Å². The molecule has 0 radical (unpaired) electrons. The molecule has 0 aliphatic carbocycles. The van der Waals surface area contributed by atoms with Crippen LogP contribution in [-0.4, -0.2) is 36.4 Å². The molecular formula is C14H20N2O3. The van der Waals surface area contributed by atoms with E-state index in [1.165, 1.54) is 11.8 Å². The quantitative estimate of drug-likeness (QED) is 0.883. The molecule has 1 rings (SSSR count). The summed E-state index contributed by atoms with van der Waals surface area (Å²) in [6.45, 7) is 5.27. The third-order valence-corrected chi connectivity index (χ3v) is 2.72. The van der Waals surface area contributed by atoms with E-state index in [9.17, 15) is 9.59 Å². The van der Waals surface area contributed by atoms with Crippen LogP contribution in [-0.2, 0) is 9.59 Å². The van der Waals surface area contributed by atoms with Gasteiger partial charge < -0.3 is 15.0 Å². The average Bonchev–Trinajstić information content (AvgIpc) is 2.36. The summed E-state index contributed by atoms with van der Waals surface area (Å²) in [7, 11) is 1.58. The highest BCUT2D eigenvalue weighted by molar-refractivity contribution is 5.94. The van der Waals surface area contributed by atoms with Gasteiger partial charge in [-0.15, -0.1) is 0 Å². The Hall–Kier alpha value is -2.04. The molecule has 0 aliphatic heterocycles. The lowest BCUT2D eigenvalue weighted by molar-refractivity contribution is -0.134. The molecule has 0 heterocycles. The van der Waals surface area contributed by atoms with Crippen molar-refractivity contribution < 1.29 is 14.3 Å². The number of ether oxygens (including phenoxy) is 1.